The van der Waals surface area contributed by atoms with Crippen LogP contribution in [-0.4, -0.2) is 15.6 Å². The molecule has 0 saturated carbocycles. The maximum absolute atomic E-state index is 5.57. The first-order chi connectivity index (χ1) is 6.66. The summed E-state index contributed by atoms with van der Waals surface area (Å²) in [4.78, 5) is 4.20. The quantitative estimate of drug-likeness (QED) is 0.561. The molecule has 0 aromatic carbocycles. The number of guanidine groups is 1. The van der Waals surface area contributed by atoms with Crippen molar-refractivity contribution < 1.29 is 0 Å². The minimum atomic E-state index is -0.191. The molecule has 14 heavy (non-hydrogen) atoms. The molecule has 5 nitrogen and oxygen atoms in total. The van der Waals surface area contributed by atoms with Crippen LogP contribution in [0.1, 0.15) is 11.9 Å². The Morgan fingerprint density at radius 3 is 3.00 bits per heavy atom. The Kier molecular flexibility index (Phi) is 2.12. The van der Waals surface area contributed by atoms with E-state index in [4.69, 9.17) is 18.0 Å². The first-order valence-corrected chi connectivity index (χ1v) is 4.59. The van der Waals surface area contributed by atoms with E-state index in [1.807, 2.05) is 29.9 Å². The van der Waals surface area contributed by atoms with Crippen LogP contribution in [-0.2, 0) is 7.05 Å². The average molecular weight is 209 g/mol. The predicted octanol–water partition coefficient (Wildman–Crippen LogP) is -0.184. The van der Waals surface area contributed by atoms with Gasteiger partial charge >= 0.3 is 0 Å². The van der Waals surface area contributed by atoms with Crippen molar-refractivity contribution in [2.24, 2.45) is 17.8 Å². The lowest BCUT2D eigenvalue weighted by Gasteiger charge is -2.23. The molecule has 2 rings (SSSR count). The summed E-state index contributed by atoms with van der Waals surface area (Å²) in [5.74, 6) is 0.347. The Morgan fingerprint density at radius 2 is 2.43 bits per heavy atom. The van der Waals surface area contributed by atoms with Gasteiger partial charge in [0.2, 0.25) is 0 Å². The lowest BCUT2D eigenvalue weighted by atomic mass is 10.3. The highest BCUT2D eigenvalue weighted by atomic mass is 32.1. The minimum absolute atomic E-state index is 0.191. The molecule has 0 radical (unpaired) electrons. The molecule has 1 aromatic rings. The van der Waals surface area contributed by atoms with Crippen LogP contribution in [0, 0.1) is 0 Å². The zero-order chi connectivity index (χ0) is 10.1. The molecule has 0 saturated heterocycles. The lowest BCUT2D eigenvalue weighted by Crippen LogP contribution is -2.49. The maximum atomic E-state index is 5.57. The van der Waals surface area contributed by atoms with Gasteiger partial charge in [-0.2, -0.15) is 0 Å². The van der Waals surface area contributed by atoms with Crippen molar-refractivity contribution in [2.45, 2.75) is 6.17 Å². The Morgan fingerprint density at radius 1 is 1.64 bits per heavy atom. The SMILES string of the molecule is Cn1cccc1[C@@H]1N=C(N)NC(=S)N1. The van der Waals surface area contributed by atoms with Gasteiger partial charge < -0.3 is 20.9 Å². The number of aryl methyl sites for hydroxylation is 1. The lowest BCUT2D eigenvalue weighted by molar-refractivity contribution is 0.610. The largest absolute Gasteiger partial charge is 0.370 e. The molecule has 6 heteroatoms. The molecule has 0 fully saturated rings. The Hall–Kier alpha value is -1.56. The number of nitrogens with two attached hydrogens (primary N) is 1. The van der Waals surface area contributed by atoms with E-state index in [0.29, 0.717) is 11.1 Å². The highest BCUT2D eigenvalue weighted by Crippen LogP contribution is 2.15. The summed E-state index contributed by atoms with van der Waals surface area (Å²) in [7, 11) is 1.95. The van der Waals surface area contributed by atoms with Gasteiger partial charge in [0.25, 0.3) is 0 Å². The van der Waals surface area contributed by atoms with Crippen LogP contribution in [0.25, 0.3) is 0 Å². The number of aliphatic imine (C=N–C) groups is 1. The summed E-state index contributed by atoms with van der Waals surface area (Å²) in [6.07, 6.45) is 1.76. The second kappa shape index (κ2) is 3.30. The molecule has 74 valence electrons. The molecule has 0 aliphatic carbocycles. The zero-order valence-electron chi connectivity index (χ0n) is 7.69. The highest BCUT2D eigenvalue weighted by Gasteiger charge is 2.18. The van der Waals surface area contributed by atoms with Crippen molar-refractivity contribution in [3.05, 3.63) is 24.0 Å². The van der Waals surface area contributed by atoms with E-state index in [-0.39, 0.29) is 6.17 Å². The highest BCUT2D eigenvalue weighted by molar-refractivity contribution is 7.80. The summed E-state index contributed by atoms with van der Waals surface area (Å²) < 4.78 is 1.97. The van der Waals surface area contributed by atoms with Gasteiger partial charge in [0.15, 0.2) is 17.2 Å². The molecular formula is C8H11N5S. The van der Waals surface area contributed by atoms with Gasteiger partial charge in [-0.25, -0.2) is 4.99 Å². The normalized spacial score (nSPS) is 21.1. The van der Waals surface area contributed by atoms with Gasteiger partial charge in [-0.3, -0.25) is 0 Å². The number of thiocarbonyl (C=S) groups is 1. The molecule has 0 bridgehead atoms. The number of nitrogens with one attached hydrogen (secondary N) is 2. The fourth-order valence-corrected chi connectivity index (χ4v) is 1.59. The molecule has 0 amide bonds. The molecule has 1 aromatic heterocycles. The van der Waals surface area contributed by atoms with Gasteiger partial charge in [0.05, 0.1) is 5.69 Å². The van der Waals surface area contributed by atoms with E-state index in [1.54, 1.807) is 0 Å². The average Bonchev–Trinajstić information content (AvgIpc) is 2.49. The molecule has 0 unspecified atom stereocenters. The van der Waals surface area contributed by atoms with E-state index in [2.05, 4.69) is 15.6 Å². The second-order valence-electron chi connectivity index (χ2n) is 3.06. The van der Waals surface area contributed by atoms with Crippen LogP contribution in [0.2, 0.25) is 0 Å². The van der Waals surface area contributed by atoms with Gasteiger partial charge in [0, 0.05) is 13.2 Å². The number of rotatable bonds is 1. The van der Waals surface area contributed by atoms with Crippen molar-refractivity contribution in [3.63, 3.8) is 0 Å². The van der Waals surface area contributed by atoms with E-state index >= 15 is 0 Å². The summed E-state index contributed by atoms with van der Waals surface area (Å²) in [5, 5.41) is 6.25. The monoisotopic (exact) mass is 209 g/mol. The summed E-state index contributed by atoms with van der Waals surface area (Å²) in [6.45, 7) is 0. The van der Waals surface area contributed by atoms with Crippen molar-refractivity contribution in [2.75, 3.05) is 0 Å². The van der Waals surface area contributed by atoms with E-state index in [9.17, 15) is 0 Å². The molecular weight excluding hydrogens is 198 g/mol. The molecule has 1 aliphatic rings. The third-order valence-electron chi connectivity index (χ3n) is 2.04. The maximum Gasteiger partial charge on any atom is 0.197 e. The molecule has 4 N–H and O–H groups in total. The third kappa shape index (κ3) is 1.56. The van der Waals surface area contributed by atoms with Crippen molar-refractivity contribution in [3.8, 4) is 0 Å². The first kappa shape index (κ1) is 9.01. The topological polar surface area (TPSA) is 67.4 Å². The fraction of sp³-hybridized carbons (Fsp3) is 0.250. The minimum Gasteiger partial charge on any atom is -0.370 e. The smallest absolute Gasteiger partial charge is 0.197 e. The van der Waals surface area contributed by atoms with Crippen molar-refractivity contribution >= 4 is 23.3 Å². The number of hydrogen-bond acceptors (Lipinski definition) is 3. The number of nitrogens with zero attached hydrogens (tertiary/aromatic N) is 2. The van der Waals surface area contributed by atoms with Gasteiger partial charge in [-0.1, -0.05) is 0 Å². The molecule has 0 spiro atoms. The second-order valence-corrected chi connectivity index (χ2v) is 3.47. The summed E-state index contributed by atoms with van der Waals surface area (Å²) in [6, 6.07) is 3.93. The van der Waals surface area contributed by atoms with Crippen molar-refractivity contribution in [1.29, 1.82) is 0 Å². The Balaban J connectivity index is 2.32. The van der Waals surface area contributed by atoms with Crippen LogP contribution < -0.4 is 16.4 Å². The van der Waals surface area contributed by atoms with E-state index < -0.39 is 0 Å². The number of hydrogen-bond donors (Lipinski definition) is 3. The summed E-state index contributed by atoms with van der Waals surface area (Å²) >= 11 is 4.98. The molecule has 1 atom stereocenters. The van der Waals surface area contributed by atoms with Gasteiger partial charge in [-0.15, -0.1) is 0 Å². The Labute approximate surface area is 87.0 Å². The first-order valence-electron chi connectivity index (χ1n) is 4.19. The van der Waals surface area contributed by atoms with Crippen LogP contribution in [0.15, 0.2) is 23.3 Å². The molecule has 1 aliphatic heterocycles. The fourth-order valence-electron chi connectivity index (χ4n) is 1.38. The summed E-state index contributed by atoms with van der Waals surface area (Å²) in [5.41, 5.74) is 6.60. The van der Waals surface area contributed by atoms with Crippen molar-refractivity contribution in [1.82, 2.24) is 15.2 Å². The standard InChI is InChI=1S/C8H11N5S/c1-13-4-2-3-5(13)6-10-7(9)12-8(14)11-6/h2-4,6H,1H3,(H4,9,10,11,12,14)/t6-/m1/s1. The van der Waals surface area contributed by atoms with Gasteiger partial charge in [-0.05, 0) is 24.4 Å². The van der Waals surface area contributed by atoms with Gasteiger partial charge in [0.1, 0.15) is 0 Å². The van der Waals surface area contributed by atoms with Crippen LogP contribution >= 0.6 is 12.2 Å². The van der Waals surface area contributed by atoms with E-state index in [0.717, 1.165) is 5.69 Å². The Bertz CT molecular complexity index is 394. The third-order valence-corrected chi connectivity index (χ3v) is 2.26. The number of aromatic nitrogens is 1. The van der Waals surface area contributed by atoms with Crippen LogP contribution in [0.5, 0.6) is 0 Å². The predicted molar refractivity (Wildman–Crippen MR) is 58.6 cm³/mol. The van der Waals surface area contributed by atoms with Crippen LogP contribution in [0.4, 0.5) is 0 Å². The molecule has 2 heterocycles. The van der Waals surface area contributed by atoms with E-state index in [1.165, 1.54) is 0 Å². The zero-order valence-corrected chi connectivity index (χ0v) is 8.51. The van der Waals surface area contributed by atoms with Crippen LogP contribution in [0.3, 0.4) is 0 Å².